The number of halogens is 1. The highest BCUT2D eigenvalue weighted by Crippen LogP contribution is 2.41. The molecule has 0 saturated carbocycles. The van der Waals surface area contributed by atoms with Crippen molar-refractivity contribution < 1.29 is 19.0 Å². The number of methoxy groups -OCH3 is 3. The van der Waals surface area contributed by atoms with Crippen molar-refractivity contribution in [3.8, 4) is 28.6 Å². The van der Waals surface area contributed by atoms with Gasteiger partial charge in [0, 0.05) is 22.8 Å². The molecule has 1 aromatic heterocycles. The fourth-order valence-corrected chi connectivity index (χ4v) is 4.17. The highest BCUT2D eigenvalue weighted by Gasteiger charge is 2.20. The van der Waals surface area contributed by atoms with E-state index in [0.717, 1.165) is 16.8 Å². The van der Waals surface area contributed by atoms with Gasteiger partial charge in [0.2, 0.25) is 11.7 Å². The second kappa shape index (κ2) is 11.1. The third-order valence-electron chi connectivity index (χ3n) is 4.75. The second-order valence-corrected chi connectivity index (χ2v) is 8.29. The minimum absolute atomic E-state index is 0.159. The summed E-state index contributed by atoms with van der Waals surface area (Å²) in [6.45, 7) is 6.17. The standard InChI is InChI=1S/C23H25ClN4O4S/c1-6-9-28-22(15-11-18(30-3)21(32-5)19(12-15)31-4)26-27-23(28)33-13-20(29)25-17-8-7-16(24)10-14(17)2/h6-8,10-12H,1,9,13H2,2-5H3,(H,25,29). The van der Waals surface area contributed by atoms with Crippen molar-refractivity contribution in [2.75, 3.05) is 32.4 Å². The molecule has 0 atom stereocenters. The van der Waals surface area contributed by atoms with Crippen molar-refractivity contribution in [3.05, 3.63) is 53.6 Å². The van der Waals surface area contributed by atoms with Crippen LogP contribution in [-0.2, 0) is 11.3 Å². The van der Waals surface area contributed by atoms with E-state index < -0.39 is 0 Å². The zero-order valence-corrected chi connectivity index (χ0v) is 20.4. The molecule has 0 saturated heterocycles. The highest BCUT2D eigenvalue weighted by molar-refractivity contribution is 7.99. The molecule has 2 aromatic carbocycles. The molecule has 1 heterocycles. The Hall–Kier alpha value is -3.17. The number of amides is 1. The minimum Gasteiger partial charge on any atom is -0.493 e. The van der Waals surface area contributed by atoms with Gasteiger partial charge >= 0.3 is 0 Å². The number of ether oxygens (including phenoxy) is 3. The maximum atomic E-state index is 12.5. The van der Waals surface area contributed by atoms with Crippen molar-refractivity contribution in [2.24, 2.45) is 0 Å². The first-order valence-electron chi connectivity index (χ1n) is 9.95. The lowest BCUT2D eigenvalue weighted by Crippen LogP contribution is -2.15. The third kappa shape index (κ3) is 5.61. The summed E-state index contributed by atoms with van der Waals surface area (Å²) >= 11 is 7.27. The maximum Gasteiger partial charge on any atom is 0.234 e. The molecule has 33 heavy (non-hydrogen) atoms. The number of rotatable bonds is 10. The summed E-state index contributed by atoms with van der Waals surface area (Å²) in [5.74, 6) is 2.09. The molecule has 0 aliphatic rings. The van der Waals surface area contributed by atoms with Gasteiger partial charge in [0.1, 0.15) is 0 Å². The SMILES string of the molecule is C=CCn1c(SCC(=O)Nc2ccc(Cl)cc2C)nnc1-c1cc(OC)c(OC)c(OC)c1. The van der Waals surface area contributed by atoms with Crippen LogP contribution in [0.1, 0.15) is 5.56 Å². The van der Waals surface area contributed by atoms with Crippen molar-refractivity contribution in [1.82, 2.24) is 14.8 Å². The van der Waals surface area contributed by atoms with Gasteiger partial charge in [-0.1, -0.05) is 29.4 Å². The van der Waals surface area contributed by atoms with Crippen molar-refractivity contribution in [3.63, 3.8) is 0 Å². The second-order valence-electron chi connectivity index (χ2n) is 6.92. The van der Waals surface area contributed by atoms with Crippen LogP contribution in [0.15, 0.2) is 48.1 Å². The first kappa shape index (κ1) is 24.5. The van der Waals surface area contributed by atoms with E-state index in [0.29, 0.717) is 39.8 Å². The van der Waals surface area contributed by atoms with E-state index in [9.17, 15) is 4.79 Å². The van der Waals surface area contributed by atoms with E-state index in [1.54, 1.807) is 57.7 Å². The number of hydrogen-bond acceptors (Lipinski definition) is 7. The number of aromatic nitrogens is 3. The molecule has 10 heteroatoms. The third-order valence-corrected chi connectivity index (χ3v) is 5.95. The molecule has 174 valence electrons. The molecule has 0 spiro atoms. The van der Waals surface area contributed by atoms with Gasteiger partial charge in [-0.25, -0.2) is 0 Å². The van der Waals surface area contributed by atoms with Gasteiger partial charge < -0.3 is 19.5 Å². The Morgan fingerprint density at radius 3 is 2.42 bits per heavy atom. The molecule has 3 aromatic rings. The zero-order valence-electron chi connectivity index (χ0n) is 18.8. The van der Waals surface area contributed by atoms with E-state index >= 15 is 0 Å². The molecule has 1 amide bonds. The van der Waals surface area contributed by atoms with Gasteiger partial charge in [-0.3, -0.25) is 9.36 Å². The van der Waals surface area contributed by atoms with Crippen LogP contribution >= 0.6 is 23.4 Å². The van der Waals surface area contributed by atoms with Gasteiger partial charge in [-0.15, -0.1) is 16.8 Å². The van der Waals surface area contributed by atoms with E-state index in [1.807, 2.05) is 11.5 Å². The minimum atomic E-state index is -0.159. The van der Waals surface area contributed by atoms with Crippen LogP contribution < -0.4 is 19.5 Å². The average Bonchev–Trinajstić information content (AvgIpc) is 3.21. The molecule has 8 nitrogen and oxygen atoms in total. The summed E-state index contributed by atoms with van der Waals surface area (Å²) in [5, 5.41) is 12.7. The van der Waals surface area contributed by atoms with Crippen LogP contribution in [0.4, 0.5) is 5.69 Å². The number of allylic oxidation sites excluding steroid dienone is 1. The molecule has 0 radical (unpaired) electrons. The number of nitrogens with one attached hydrogen (secondary N) is 1. The first-order valence-corrected chi connectivity index (χ1v) is 11.3. The molecular formula is C23H25ClN4O4S. The molecule has 0 fully saturated rings. The maximum absolute atomic E-state index is 12.5. The monoisotopic (exact) mass is 488 g/mol. The van der Waals surface area contributed by atoms with Crippen molar-refractivity contribution in [2.45, 2.75) is 18.6 Å². The van der Waals surface area contributed by atoms with E-state index in [2.05, 4.69) is 22.1 Å². The predicted molar refractivity (Wildman–Crippen MR) is 131 cm³/mol. The Labute approximate surface area is 201 Å². The molecule has 1 N–H and O–H groups in total. The lowest BCUT2D eigenvalue weighted by atomic mass is 10.1. The Morgan fingerprint density at radius 1 is 1.15 bits per heavy atom. The molecule has 0 aliphatic carbocycles. The predicted octanol–water partition coefficient (Wildman–Crippen LogP) is 4.85. The van der Waals surface area contributed by atoms with Crippen LogP contribution in [0.5, 0.6) is 17.2 Å². The molecule has 0 unspecified atom stereocenters. The van der Waals surface area contributed by atoms with E-state index in [-0.39, 0.29) is 11.7 Å². The number of thioether (sulfide) groups is 1. The Bertz CT molecular complexity index is 1140. The molecule has 0 bridgehead atoms. The number of nitrogens with zero attached hydrogens (tertiary/aromatic N) is 3. The number of anilines is 1. The van der Waals surface area contributed by atoms with E-state index in [1.165, 1.54) is 11.8 Å². The van der Waals surface area contributed by atoms with Crippen LogP contribution in [0.2, 0.25) is 5.02 Å². The number of carbonyl (C=O) groups is 1. The van der Waals surface area contributed by atoms with Gasteiger partial charge in [-0.2, -0.15) is 0 Å². The number of benzene rings is 2. The zero-order chi connectivity index (χ0) is 24.0. The van der Waals surface area contributed by atoms with E-state index in [4.69, 9.17) is 25.8 Å². The van der Waals surface area contributed by atoms with Crippen LogP contribution in [0, 0.1) is 6.92 Å². The summed E-state index contributed by atoms with van der Waals surface area (Å²) in [4.78, 5) is 12.5. The quantitative estimate of drug-likeness (QED) is 0.322. The highest BCUT2D eigenvalue weighted by atomic mass is 35.5. The van der Waals surface area contributed by atoms with Gasteiger partial charge in [0.15, 0.2) is 22.5 Å². The topological polar surface area (TPSA) is 87.5 Å². The molecule has 3 rings (SSSR count). The molecule has 0 aliphatic heterocycles. The Balaban J connectivity index is 1.84. The lowest BCUT2D eigenvalue weighted by molar-refractivity contribution is -0.113. The Morgan fingerprint density at radius 2 is 1.85 bits per heavy atom. The van der Waals surface area contributed by atoms with Crippen molar-refractivity contribution >= 4 is 35.0 Å². The molecular weight excluding hydrogens is 464 g/mol. The van der Waals surface area contributed by atoms with Gasteiger partial charge in [0.25, 0.3) is 0 Å². The summed E-state index contributed by atoms with van der Waals surface area (Å²) in [6.07, 6.45) is 1.74. The normalized spacial score (nSPS) is 10.6. The van der Waals surface area contributed by atoms with Crippen LogP contribution in [0.25, 0.3) is 11.4 Å². The summed E-state index contributed by atoms with van der Waals surface area (Å²) in [7, 11) is 4.65. The largest absolute Gasteiger partial charge is 0.493 e. The fourth-order valence-electron chi connectivity index (χ4n) is 3.20. The lowest BCUT2D eigenvalue weighted by Gasteiger charge is -2.14. The first-order chi connectivity index (χ1) is 15.9. The van der Waals surface area contributed by atoms with Crippen LogP contribution in [0.3, 0.4) is 0 Å². The fraction of sp³-hybridized carbons (Fsp3) is 0.261. The smallest absolute Gasteiger partial charge is 0.234 e. The van der Waals surface area contributed by atoms with Crippen LogP contribution in [-0.4, -0.2) is 47.8 Å². The number of aryl methyl sites for hydroxylation is 1. The summed E-state index contributed by atoms with van der Waals surface area (Å²) in [5.41, 5.74) is 2.34. The number of hydrogen-bond donors (Lipinski definition) is 1. The Kier molecular flexibility index (Phi) is 8.24. The summed E-state index contributed by atoms with van der Waals surface area (Å²) in [6, 6.07) is 8.92. The average molecular weight is 489 g/mol. The number of carbonyl (C=O) groups excluding carboxylic acids is 1. The van der Waals surface area contributed by atoms with Gasteiger partial charge in [0.05, 0.1) is 27.1 Å². The van der Waals surface area contributed by atoms with Gasteiger partial charge in [-0.05, 0) is 42.8 Å². The summed E-state index contributed by atoms with van der Waals surface area (Å²) < 4.78 is 18.2. The van der Waals surface area contributed by atoms with Crippen molar-refractivity contribution in [1.29, 1.82) is 0 Å².